The molecule has 0 fully saturated rings. The number of nitrogens with one attached hydrogen (secondary N) is 1. The Labute approximate surface area is 88.1 Å². The minimum atomic E-state index is 0.0228. The molecule has 1 aromatic rings. The smallest absolute Gasteiger partial charge is 0.237 e. The monoisotopic (exact) mass is 207 g/mol. The van der Waals surface area contributed by atoms with Crippen molar-refractivity contribution in [1.29, 1.82) is 0 Å². The Morgan fingerprint density at radius 2 is 2.29 bits per heavy atom. The standard InChI is InChI=1S/C11H13NOS/c1-3-8-5-4-6-9-10(8)12-11(13)7(2)14-9/h4-7H,3H2,1-2H3,(H,12,13). The predicted molar refractivity (Wildman–Crippen MR) is 59.8 cm³/mol. The van der Waals surface area contributed by atoms with E-state index >= 15 is 0 Å². The summed E-state index contributed by atoms with van der Waals surface area (Å²) in [6, 6.07) is 6.18. The second kappa shape index (κ2) is 3.65. The fraction of sp³-hybridized carbons (Fsp3) is 0.364. The highest BCUT2D eigenvalue weighted by molar-refractivity contribution is 8.00. The van der Waals surface area contributed by atoms with Crippen molar-refractivity contribution < 1.29 is 4.79 Å². The molecule has 2 rings (SSSR count). The van der Waals surface area contributed by atoms with Crippen LogP contribution in [0.2, 0.25) is 0 Å². The fourth-order valence-electron chi connectivity index (χ4n) is 1.58. The number of anilines is 1. The normalized spacial score (nSPS) is 20.1. The third kappa shape index (κ3) is 1.52. The van der Waals surface area contributed by atoms with E-state index in [4.69, 9.17) is 0 Å². The summed E-state index contributed by atoms with van der Waals surface area (Å²) in [5.74, 6) is 0.114. The summed E-state index contributed by atoms with van der Waals surface area (Å²) in [6.45, 7) is 4.03. The Morgan fingerprint density at radius 1 is 1.50 bits per heavy atom. The van der Waals surface area contributed by atoms with Gasteiger partial charge in [0.15, 0.2) is 0 Å². The molecule has 0 spiro atoms. The van der Waals surface area contributed by atoms with Crippen LogP contribution in [0.15, 0.2) is 23.1 Å². The molecule has 0 saturated carbocycles. The lowest BCUT2D eigenvalue weighted by molar-refractivity contribution is -0.115. The zero-order valence-electron chi connectivity index (χ0n) is 8.33. The maximum atomic E-state index is 11.5. The maximum Gasteiger partial charge on any atom is 0.237 e. The summed E-state index contributed by atoms with van der Waals surface area (Å²) in [5, 5.41) is 2.99. The van der Waals surface area contributed by atoms with Crippen molar-refractivity contribution in [2.24, 2.45) is 0 Å². The molecule has 1 heterocycles. The van der Waals surface area contributed by atoms with Gasteiger partial charge in [0.25, 0.3) is 0 Å². The SMILES string of the molecule is CCc1cccc2c1NC(=O)C(C)S2. The van der Waals surface area contributed by atoms with Gasteiger partial charge < -0.3 is 5.32 Å². The van der Waals surface area contributed by atoms with E-state index in [1.54, 1.807) is 11.8 Å². The van der Waals surface area contributed by atoms with E-state index < -0.39 is 0 Å². The van der Waals surface area contributed by atoms with Crippen molar-refractivity contribution in [2.45, 2.75) is 30.4 Å². The molecule has 1 aliphatic heterocycles. The third-order valence-electron chi connectivity index (χ3n) is 2.41. The van der Waals surface area contributed by atoms with Gasteiger partial charge in [-0.15, -0.1) is 11.8 Å². The Kier molecular flexibility index (Phi) is 2.50. The zero-order chi connectivity index (χ0) is 10.1. The van der Waals surface area contributed by atoms with E-state index in [0.717, 1.165) is 12.1 Å². The van der Waals surface area contributed by atoms with Crippen molar-refractivity contribution in [3.8, 4) is 0 Å². The van der Waals surface area contributed by atoms with E-state index in [9.17, 15) is 4.79 Å². The number of hydrogen-bond donors (Lipinski definition) is 1. The molecule has 1 unspecified atom stereocenters. The molecule has 0 aromatic heterocycles. The second-order valence-corrected chi connectivity index (χ2v) is 4.78. The fourth-order valence-corrected chi connectivity index (χ4v) is 2.58. The number of thioether (sulfide) groups is 1. The van der Waals surface area contributed by atoms with Crippen LogP contribution in [0.3, 0.4) is 0 Å². The van der Waals surface area contributed by atoms with E-state index in [1.165, 1.54) is 10.5 Å². The van der Waals surface area contributed by atoms with E-state index in [0.29, 0.717) is 0 Å². The molecule has 14 heavy (non-hydrogen) atoms. The Bertz CT molecular complexity index is 376. The number of carbonyl (C=O) groups is 1. The highest BCUT2D eigenvalue weighted by Crippen LogP contribution is 2.37. The van der Waals surface area contributed by atoms with E-state index in [2.05, 4.69) is 30.4 Å². The highest BCUT2D eigenvalue weighted by atomic mass is 32.2. The van der Waals surface area contributed by atoms with Crippen LogP contribution in [0.1, 0.15) is 19.4 Å². The highest BCUT2D eigenvalue weighted by Gasteiger charge is 2.23. The lowest BCUT2D eigenvalue weighted by Gasteiger charge is -2.23. The van der Waals surface area contributed by atoms with Gasteiger partial charge in [-0.1, -0.05) is 19.1 Å². The summed E-state index contributed by atoms with van der Waals surface area (Å²) >= 11 is 1.64. The van der Waals surface area contributed by atoms with Crippen LogP contribution in [0.5, 0.6) is 0 Å². The number of amides is 1. The van der Waals surface area contributed by atoms with E-state index in [-0.39, 0.29) is 11.2 Å². The molecule has 74 valence electrons. The van der Waals surface area contributed by atoms with Crippen molar-refractivity contribution in [3.63, 3.8) is 0 Å². The van der Waals surface area contributed by atoms with Crippen LogP contribution in [-0.4, -0.2) is 11.2 Å². The van der Waals surface area contributed by atoms with Crippen LogP contribution in [0.4, 0.5) is 5.69 Å². The number of aryl methyl sites for hydroxylation is 1. The lowest BCUT2D eigenvalue weighted by Crippen LogP contribution is -2.27. The molecule has 1 atom stereocenters. The molecule has 0 radical (unpaired) electrons. The van der Waals surface area contributed by atoms with Crippen LogP contribution >= 0.6 is 11.8 Å². The van der Waals surface area contributed by atoms with Gasteiger partial charge in [-0.3, -0.25) is 4.79 Å². The van der Waals surface area contributed by atoms with Gasteiger partial charge in [-0.25, -0.2) is 0 Å². The summed E-state index contributed by atoms with van der Waals surface area (Å²) in [5.41, 5.74) is 2.23. The number of benzene rings is 1. The Balaban J connectivity index is 2.46. The van der Waals surface area contributed by atoms with Crippen LogP contribution in [-0.2, 0) is 11.2 Å². The van der Waals surface area contributed by atoms with Gasteiger partial charge in [0.2, 0.25) is 5.91 Å². The number of hydrogen-bond acceptors (Lipinski definition) is 2. The molecular weight excluding hydrogens is 194 g/mol. The predicted octanol–water partition coefficient (Wildman–Crippen LogP) is 2.68. The van der Waals surface area contributed by atoms with Gasteiger partial charge in [0.05, 0.1) is 10.9 Å². The summed E-state index contributed by atoms with van der Waals surface area (Å²) < 4.78 is 0. The van der Waals surface area contributed by atoms with Crippen molar-refractivity contribution >= 4 is 23.4 Å². The average molecular weight is 207 g/mol. The molecule has 0 saturated heterocycles. The minimum Gasteiger partial charge on any atom is -0.324 e. The van der Waals surface area contributed by atoms with Crippen molar-refractivity contribution in [1.82, 2.24) is 0 Å². The Hall–Kier alpha value is -0.960. The zero-order valence-corrected chi connectivity index (χ0v) is 9.15. The first kappa shape index (κ1) is 9.59. The molecule has 3 heteroatoms. The number of rotatable bonds is 1. The summed E-state index contributed by atoms with van der Waals surface area (Å²) in [4.78, 5) is 12.7. The molecule has 1 aromatic carbocycles. The Morgan fingerprint density at radius 3 is 3.00 bits per heavy atom. The quantitative estimate of drug-likeness (QED) is 0.767. The third-order valence-corrected chi connectivity index (χ3v) is 3.58. The minimum absolute atomic E-state index is 0.0228. The lowest BCUT2D eigenvalue weighted by atomic mass is 10.1. The average Bonchev–Trinajstić information content (AvgIpc) is 2.19. The van der Waals surface area contributed by atoms with Gasteiger partial charge in [-0.05, 0) is 25.0 Å². The van der Waals surface area contributed by atoms with Gasteiger partial charge in [0.1, 0.15) is 0 Å². The molecule has 1 N–H and O–H groups in total. The van der Waals surface area contributed by atoms with E-state index in [1.807, 2.05) is 6.92 Å². The molecule has 0 aliphatic carbocycles. The number of carbonyl (C=O) groups excluding carboxylic acids is 1. The van der Waals surface area contributed by atoms with Crippen LogP contribution < -0.4 is 5.32 Å². The van der Waals surface area contributed by atoms with Crippen LogP contribution in [0, 0.1) is 0 Å². The van der Waals surface area contributed by atoms with Crippen molar-refractivity contribution in [3.05, 3.63) is 23.8 Å². The molecule has 2 nitrogen and oxygen atoms in total. The molecule has 1 aliphatic rings. The number of fused-ring (bicyclic) bond motifs is 1. The molecular formula is C11H13NOS. The van der Waals surface area contributed by atoms with Crippen LogP contribution in [0.25, 0.3) is 0 Å². The second-order valence-electron chi connectivity index (χ2n) is 3.39. The topological polar surface area (TPSA) is 29.1 Å². The first-order valence-corrected chi connectivity index (χ1v) is 5.69. The first-order valence-electron chi connectivity index (χ1n) is 4.81. The molecule has 1 amide bonds. The summed E-state index contributed by atoms with van der Waals surface area (Å²) in [6.07, 6.45) is 0.957. The van der Waals surface area contributed by atoms with Gasteiger partial charge >= 0.3 is 0 Å². The maximum absolute atomic E-state index is 11.5. The molecule has 0 bridgehead atoms. The van der Waals surface area contributed by atoms with Crippen molar-refractivity contribution in [2.75, 3.05) is 5.32 Å². The van der Waals surface area contributed by atoms with Gasteiger partial charge in [-0.2, -0.15) is 0 Å². The largest absolute Gasteiger partial charge is 0.324 e. The number of para-hydroxylation sites is 1. The summed E-state index contributed by atoms with van der Waals surface area (Å²) in [7, 11) is 0. The first-order chi connectivity index (χ1) is 6.72. The van der Waals surface area contributed by atoms with Gasteiger partial charge in [0, 0.05) is 4.90 Å².